The summed E-state index contributed by atoms with van der Waals surface area (Å²) in [7, 11) is -4.22. The van der Waals surface area contributed by atoms with E-state index in [0.717, 1.165) is 0 Å². The summed E-state index contributed by atoms with van der Waals surface area (Å²) in [4.78, 5) is 0. The Morgan fingerprint density at radius 3 is 1.78 bits per heavy atom. The predicted molar refractivity (Wildman–Crippen MR) is 28.0 cm³/mol. The van der Waals surface area contributed by atoms with Crippen molar-refractivity contribution in [1.82, 2.24) is 4.72 Å². The predicted octanol–water partition coefficient (Wildman–Crippen LogP) is -3.55. The Morgan fingerprint density at radius 2 is 1.78 bits per heavy atom. The topological polar surface area (TPSA) is 69.2 Å². The molecule has 9 heavy (non-hydrogen) atoms. The van der Waals surface area contributed by atoms with Gasteiger partial charge < -0.3 is 4.55 Å². The molecule has 0 unspecified atom stereocenters. The quantitative estimate of drug-likeness (QED) is 0.323. The smallest absolute Gasteiger partial charge is 0.735 e. The molecular weight excluding hydrogens is 137 g/mol. The fraction of sp³-hybridized carbons (Fsp3) is 1.00. The summed E-state index contributed by atoms with van der Waals surface area (Å²) in [5, 5.41) is 0. The Labute approximate surface area is 67.1 Å². The van der Waals surface area contributed by atoms with Crippen molar-refractivity contribution in [2.75, 3.05) is 0 Å². The number of hydrogen-bond donors (Lipinski definition) is 1. The summed E-state index contributed by atoms with van der Waals surface area (Å²) in [6.45, 7) is 3.16. The third-order valence-corrected chi connectivity index (χ3v) is 1.14. The first kappa shape index (κ1) is 12.2. The van der Waals surface area contributed by atoms with Crippen LogP contribution in [0.1, 0.15) is 13.8 Å². The van der Waals surface area contributed by atoms with Gasteiger partial charge in [-0.25, -0.2) is 13.1 Å². The molecule has 0 rings (SSSR count). The minimum atomic E-state index is -4.22. The molecule has 0 fully saturated rings. The zero-order valence-corrected chi connectivity index (χ0v) is 6.53. The third kappa shape index (κ3) is 11.8. The van der Waals surface area contributed by atoms with Crippen molar-refractivity contribution >= 4 is 10.3 Å². The van der Waals surface area contributed by atoms with Crippen LogP contribution in [0.4, 0.5) is 0 Å². The van der Waals surface area contributed by atoms with Crippen LogP contribution in [-0.4, -0.2) is 19.0 Å². The van der Waals surface area contributed by atoms with E-state index in [4.69, 9.17) is 0 Å². The molecule has 0 radical (unpaired) electrons. The van der Waals surface area contributed by atoms with Gasteiger partial charge in [0.1, 0.15) is 0 Å². The molecule has 0 aliphatic heterocycles. The van der Waals surface area contributed by atoms with Gasteiger partial charge in [-0.3, -0.25) is 0 Å². The molecule has 0 bridgehead atoms. The molecule has 0 atom stereocenters. The Hall–Kier alpha value is 0.467. The van der Waals surface area contributed by atoms with E-state index in [1.54, 1.807) is 18.6 Å². The van der Waals surface area contributed by atoms with Crippen LogP contribution >= 0.6 is 0 Å². The molecule has 0 aromatic rings. The maximum atomic E-state index is 9.78. The minimum absolute atomic E-state index is 0. The fourth-order valence-corrected chi connectivity index (χ4v) is 0.866. The molecule has 0 saturated carbocycles. The van der Waals surface area contributed by atoms with Crippen LogP contribution < -0.4 is 23.6 Å². The van der Waals surface area contributed by atoms with E-state index >= 15 is 0 Å². The Bertz CT molecular complexity index is 152. The van der Waals surface area contributed by atoms with Crippen molar-refractivity contribution in [2.24, 2.45) is 0 Å². The van der Waals surface area contributed by atoms with Gasteiger partial charge in [0.15, 0.2) is 10.3 Å². The minimum Gasteiger partial charge on any atom is -0.735 e. The second-order valence-corrected chi connectivity index (χ2v) is 2.87. The van der Waals surface area contributed by atoms with Crippen molar-refractivity contribution in [3.05, 3.63) is 0 Å². The Balaban J connectivity index is 0. The van der Waals surface area contributed by atoms with Gasteiger partial charge in [-0.1, -0.05) is 0 Å². The van der Waals surface area contributed by atoms with E-state index in [2.05, 4.69) is 0 Å². The zero-order valence-electron chi connectivity index (χ0n) is 5.71. The van der Waals surface area contributed by atoms with Crippen LogP contribution in [0.5, 0.6) is 0 Å². The average molecular weight is 145 g/mol. The number of nitrogens with one attached hydrogen (secondary N) is 1. The summed E-state index contributed by atoms with van der Waals surface area (Å²) in [5.74, 6) is 0. The molecule has 0 aromatic heterocycles. The molecular formula is C3H8LiNO3S. The van der Waals surface area contributed by atoms with Crippen LogP contribution in [0.3, 0.4) is 0 Å². The third-order valence-electron chi connectivity index (χ3n) is 0.380. The summed E-state index contributed by atoms with van der Waals surface area (Å²) >= 11 is 0. The molecule has 0 heterocycles. The van der Waals surface area contributed by atoms with Gasteiger partial charge >= 0.3 is 18.9 Å². The standard InChI is InChI=1S/C3H9NO3S.Li/c1-3(2)4-8(5,6)7;/h3-4H,1-2H3,(H,5,6,7);/q;+1/p-1. The Morgan fingerprint density at radius 1 is 1.44 bits per heavy atom. The van der Waals surface area contributed by atoms with Crippen LogP contribution in [0.2, 0.25) is 0 Å². The number of rotatable bonds is 2. The Kier molecular flexibility index (Phi) is 5.83. The van der Waals surface area contributed by atoms with Crippen molar-refractivity contribution in [2.45, 2.75) is 19.9 Å². The largest absolute Gasteiger partial charge is 1.00 e. The van der Waals surface area contributed by atoms with E-state index in [9.17, 15) is 13.0 Å². The summed E-state index contributed by atoms with van der Waals surface area (Å²) in [5.41, 5.74) is 0. The van der Waals surface area contributed by atoms with Gasteiger partial charge in [0.2, 0.25) is 0 Å². The summed E-state index contributed by atoms with van der Waals surface area (Å²) in [6.07, 6.45) is 0. The first-order valence-electron chi connectivity index (χ1n) is 2.15. The van der Waals surface area contributed by atoms with Crippen LogP contribution in [0, 0.1) is 0 Å². The molecule has 0 amide bonds. The van der Waals surface area contributed by atoms with E-state index < -0.39 is 10.3 Å². The van der Waals surface area contributed by atoms with E-state index in [1.165, 1.54) is 0 Å². The van der Waals surface area contributed by atoms with E-state index in [0.29, 0.717) is 0 Å². The molecule has 0 spiro atoms. The molecule has 6 heteroatoms. The molecule has 4 nitrogen and oxygen atoms in total. The maximum absolute atomic E-state index is 9.78. The summed E-state index contributed by atoms with van der Waals surface area (Å²) in [6, 6.07) is -0.308. The molecule has 0 aliphatic carbocycles. The monoisotopic (exact) mass is 145 g/mol. The van der Waals surface area contributed by atoms with Gasteiger partial charge in [0.05, 0.1) is 0 Å². The molecule has 0 saturated heterocycles. The van der Waals surface area contributed by atoms with Crippen molar-refractivity contribution in [3.8, 4) is 0 Å². The van der Waals surface area contributed by atoms with Gasteiger partial charge in [-0.2, -0.15) is 0 Å². The van der Waals surface area contributed by atoms with Crippen molar-refractivity contribution in [3.63, 3.8) is 0 Å². The van der Waals surface area contributed by atoms with E-state index in [-0.39, 0.29) is 24.9 Å². The van der Waals surface area contributed by atoms with Gasteiger partial charge in [0, 0.05) is 6.04 Å². The summed E-state index contributed by atoms with van der Waals surface area (Å²) < 4.78 is 31.1. The molecule has 1 N–H and O–H groups in total. The fourth-order valence-electron chi connectivity index (χ4n) is 0.289. The second kappa shape index (κ2) is 4.31. The van der Waals surface area contributed by atoms with Gasteiger partial charge in [-0.05, 0) is 13.8 Å². The number of hydrogen-bond acceptors (Lipinski definition) is 3. The molecule has 50 valence electrons. The SMILES string of the molecule is CC(C)NS(=O)(=O)[O-].[Li+]. The van der Waals surface area contributed by atoms with Crippen LogP contribution in [0.15, 0.2) is 0 Å². The molecule has 0 aliphatic rings. The van der Waals surface area contributed by atoms with Crippen molar-refractivity contribution < 1.29 is 31.8 Å². The van der Waals surface area contributed by atoms with Crippen LogP contribution in [-0.2, 0) is 10.3 Å². The van der Waals surface area contributed by atoms with Crippen molar-refractivity contribution in [1.29, 1.82) is 0 Å². The van der Waals surface area contributed by atoms with Gasteiger partial charge in [0.25, 0.3) is 0 Å². The molecule has 0 aromatic carbocycles. The van der Waals surface area contributed by atoms with Gasteiger partial charge in [-0.15, -0.1) is 0 Å². The first-order valence-corrected chi connectivity index (χ1v) is 3.56. The maximum Gasteiger partial charge on any atom is 1.00 e. The normalized spacial score (nSPS) is 11.1. The average Bonchev–Trinajstić information content (AvgIpc) is 1.21. The van der Waals surface area contributed by atoms with E-state index in [1.807, 2.05) is 0 Å². The zero-order chi connectivity index (χ0) is 6.78. The second-order valence-electron chi connectivity index (χ2n) is 1.73. The first-order chi connectivity index (χ1) is 3.42. The van der Waals surface area contributed by atoms with Crippen LogP contribution in [0.25, 0.3) is 0 Å².